The summed E-state index contributed by atoms with van der Waals surface area (Å²) in [6.45, 7) is 1.70. The SMILES string of the molecule is CC(Nc1ccc(F)cc1)(C(N)=O)c1ccccc1. The number of amides is 1. The van der Waals surface area contributed by atoms with Crippen molar-refractivity contribution in [2.24, 2.45) is 5.73 Å². The predicted molar refractivity (Wildman–Crippen MR) is 73.0 cm³/mol. The normalized spacial score (nSPS) is 13.6. The molecule has 1 atom stereocenters. The van der Waals surface area contributed by atoms with Gasteiger partial charge < -0.3 is 11.1 Å². The van der Waals surface area contributed by atoms with Crippen molar-refractivity contribution in [3.8, 4) is 0 Å². The second-order valence-corrected chi connectivity index (χ2v) is 4.49. The molecule has 0 aromatic heterocycles. The molecule has 0 aliphatic carbocycles. The number of carbonyl (C=O) groups is 1. The number of nitrogens with one attached hydrogen (secondary N) is 1. The van der Waals surface area contributed by atoms with E-state index >= 15 is 0 Å². The van der Waals surface area contributed by atoms with E-state index in [9.17, 15) is 9.18 Å². The Bertz CT molecular complexity index is 568. The highest BCUT2D eigenvalue weighted by Crippen LogP contribution is 2.25. The quantitative estimate of drug-likeness (QED) is 0.885. The zero-order valence-electron chi connectivity index (χ0n) is 10.6. The monoisotopic (exact) mass is 258 g/mol. The van der Waals surface area contributed by atoms with Crippen molar-refractivity contribution in [1.82, 2.24) is 0 Å². The molecule has 2 aromatic rings. The van der Waals surface area contributed by atoms with Gasteiger partial charge in [-0.05, 0) is 36.8 Å². The maximum atomic E-state index is 12.9. The van der Waals surface area contributed by atoms with Gasteiger partial charge in [0.05, 0.1) is 0 Å². The van der Waals surface area contributed by atoms with Gasteiger partial charge in [-0.2, -0.15) is 0 Å². The second-order valence-electron chi connectivity index (χ2n) is 4.49. The minimum absolute atomic E-state index is 0.328. The number of rotatable bonds is 4. The van der Waals surface area contributed by atoms with Gasteiger partial charge >= 0.3 is 0 Å². The molecule has 1 unspecified atom stereocenters. The molecule has 4 heteroatoms. The van der Waals surface area contributed by atoms with E-state index in [0.29, 0.717) is 5.69 Å². The van der Waals surface area contributed by atoms with Crippen LogP contribution in [0.25, 0.3) is 0 Å². The number of anilines is 1. The second kappa shape index (κ2) is 5.10. The molecule has 0 fully saturated rings. The molecule has 0 saturated carbocycles. The zero-order valence-corrected chi connectivity index (χ0v) is 10.6. The molecule has 98 valence electrons. The molecule has 2 rings (SSSR count). The number of carbonyl (C=O) groups excluding carboxylic acids is 1. The molecule has 0 heterocycles. The Kier molecular flexibility index (Phi) is 3.51. The van der Waals surface area contributed by atoms with E-state index in [4.69, 9.17) is 5.73 Å². The Morgan fingerprint density at radius 2 is 1.68 bits per heavy atom. The number of hydrogen-bond acceptors (Lipinski definition) is 2. The van der Waals surface area contributed by atoms with Crippen molar-refractivity contribution in [1.29, 1.82) is 0 Å². The van der Waals surface area contributed by atoms with Crippen molar-refractivity contribution in [3.63, 3.8) is 0 Å². The highest BCUT2D eigenvalue weighted by molar-refractivity contribution is 5.88. The summed E-state index contributed by atoms with van der Waals surface area (Å²) in [5.41, 5.74) is 5.85. The van der Waals surface area contributed by atoms with Crippen molar-refractivity contribution >= 4 is 11.6 Å². The van der Waals surface area contributed by atoms with Gasteiger partial charge in [0.25, 0.3) is 0 Å². The van der Waals surface area contributed by atoms with Crippen LogP contribution < -0.4 is 11.1 Å². The first kappa shape index (κ1) is 13.1. The molecule has 2 aromatic carbocycles. The van der Waals surface area contributed by atoms with E-state index in [2.05, 4.69) is 5.32 Å². The fraction of sp³-hybridized carbons (Fsp3) is 0.133. The third-order valence-corrected chi connectivity index (χ3v) is 3.08. The molecule has 19 heavy (non-hydrogen) atoms. The van der Waals surface area contributed by atoms with Crippen LogP contribution >= 0.6 is 0 Å². The van der Waals surface area contributed by atoms with E-state index in [0.717, 1.165) is 5.56 Å². The summed E-state index contributed by atoms with van der Waals surface area (Å²) in [6.07, 6.45) is 0. The average molecular weight is 258 g/mol. The standard InChI is InChI=1S/C15H15FN2O/c1-15(14(17)19,11-5-3-2-4-6-11)18-13-9-7-12(16)8-10-13/h2-10,18H,1H3,(H2,17,19). The van der Waals surface area contributed by atoms with E-state index in [-0.39, 0.29) is 5.82 Å². The molecule has 0 aliphatic heterocycles. The van der Waals surface area contributed by atoms with Gasteiger partial charge in [-0.3, -0.25) is 4.79 Å². The summed E-state index contributed by atoms with van der Waals surface area (Å²) >= 11 is 0. The maximum Gasteiger partial charge on any atom is 0.247 e. The lowest BCUT2D eigenvalue weighted by Gasteiger charge is -2.29. The number of primary amides is 1. The highest BCUT2D eigenvalue weighted by atomic mass is 19.1. The number of nitrogens with two attached hydrogens (primary N) is 1. The van der Waals surface area contributed by atoms with Gasteiger partial charge in [0.2, 0.25) is 5.91 Å². The third-order valence-electron chi connectivity index (χ3n) is 3.08. The maximum absolute atomic E-state index is 12.9. The molecular weight excluding hydrogens is 243 g/mol. The lowest BCUT2D eigenvalue weighted by atomic mass is 9.91. The number of benzene rings is 2. The summed E-state index contributed by atoms with van der Waals surface area (Å²) in [6, 6.07) is 15.0. The summed E-state index contributed by atoms with van der Waals surface area (Å²) in [7, 11) is 0. The van der Waals surface area contributed by atoms with Crippen LogP contribution in [0.3, 0.4) is 0 Å². The van der Waals surface area contributed by atoms with Crippen LogP contribution in [0.5, 0.6) is 0 Å². The van der Waals surface area contributed by atoms with Crippen LogP contribution in [0.4, 0.5) is 10.1 Å². The van der Waals surface area contributed by atoms with Crippen LogP contribution in [0.2, 0.25) is 0 Å². The van der Waals surface area contributed by atoms with Gasteiger partial charge in [-0.15, -0.1) is 0 Å². The van der Waals surface area contributed by atoms with Gasteiger partial charge in [0.1, 0.15) is 11.4 Å². The van der Waals surface area contributed by atoms with Crippen LogP contribution in [0.15, 0.2) is 54.6 Å². The highest BCUT2D eigenvalue weighted by Gasteiger charge is 2.32. The van der Waals surface area contributed by atoms with Crippen molar-refractivity contribution in [2.75, 3.05) is 5.32 Å². The summed E-state index contributed by atoms with van der Waals surface area (Å²) in [5.74, 6) is -0.825. The van der Waals surface area contributed by atoms with E-state index in [1.807, 2.05) is 30.3 Å². The zero-order chi connectivity index (χ0) is 13.9. The van der Waals surface area contributed by atoms with Crippen LogP contribution in [-0.4, -0.2) is 5.91 Å². The minimum Gasteiger partial charge on any atom is -0.368 e. The molecule has 0 radical (unpaired) electrons. The summed E-state index contributed by atoms with van der Waals surface area (Å²) < 4.78 is 12.9. The Labute approximate surface area is 111 Å². The van der Waals surface area contributed by atoms with E-state index in [1.165, 1.54) is 12.1 Å². The van der Waals surface area contributed by atoms with Gasteiger partial charge in [-0.1, -0.05) is 30.3 Å². The first-order valence-electron chi connectivity index (χ1n) is 5.91. The van der Waals surface area contributed by atoms with Gasteiger partial charge in [-0.25, -0.2) is 4.39 Å². The summed E-state index contributed by atoms with van der Waals surface area (Å²) in [5, 5.41) is 3.06. The first-order chi connectivity index (χ1) is 9.02. The number of hydrogen-bond donors (Lipinski definition) is 2. The smallest absolute Gasteiger partial charge is 0.247 e. The van der Waals surface area contributed by atoms with Crippen LogP contribution in [-0.2, 0) is 10.3 Å². The van der Waals surface area contributed by atoms with E-state index < -0.39 is 11.4 Å². The van der Waals surface area contributed by atoms with Gasteiger partial charge in [0.15, 0.2) is 0 Å². The predicted octanol–water partition coefficient (Wildman–Crippen LogP) is 2.64. The fourth-order valence-corrected chi connectivity index (χ4v) is 1.87. The Balaban J connectivity index is 2.36. The largest absolute Gasteiger partial charge is 0.368 e. The molecular formula is C15H15FN2O. The van der Waals surface area contributed by atoms with Gasteiger partial charge in [0, 0.05) is 5.69 Å². The molecule has 0 aliphatic rings. The lowest BCUT2D eigenvalue weighted by molar-refractivity contribution is -0.122. The Morgan fingerprint density at radius 3 is 2.21 bits per heavy atom. The fourth-order valence-electron chi connectivity index (χ4n) is 1.87. The summed E-state index contributed by atoms with van der Waals surface area (Å²) in [4.78, 5) is 11.8. The minimum atomic E-state index is -1.04. The number of halogens is 1. The molecule has 3 nitrogen and oxygen atoms in total. The van der Waals surface area contributed by atoms with Crippen molar-refractivity contribution < 1.29 is 9.18 Å². The first-order valence-corrected chi connectivity index (χ1v) is 5.91. The molecule has 3 N–H and O–H groups in total. The van der Waals surface area contributed by atoms with Crippen molar-refractivity contribution in [2.45, 2.75) is 12.5 Å². The van der Waals surface area contributed by atoms with Crippen LogP contribution in [0, 0.1) is 5.82 Å². The van der Waals surface area contributed by atoms with E-state index in [1.54, 1.807) is 19.1 Å². The molecule has 0 spiro atoms. The lowest BCUT2D eigenvalue weighted by Crippen LogP contribution is -2.45. The Morgan fingerprint density at radius 1 is 1.11 bits per heavy atom. The Hall–Kier alpha value is -2.36. The van der Waals surface area contributed by atoms with Crippen LogP contribution in [0.1, 0.15) is 12.5 Å². The third kappa shape index (κ3) is 2.73. The molecule has 0 saturated heterocycles. The topological polar surface area (TPSA) is 55.1 Å². The van der Waals surface area contributed by atoms with Crippen molar-refractivity contribution in [3.05, 3.63) is 66.0 Å². The average Bonchev–Trinajstić information content (AvgIpc) is 2.42. The molecule has 0 bridgehead atoms. The molecule has 1 amide bonds.